The molecule has 2 amide bonds. The molecule has 0 spiro atoms. The average molecular weight is 348 g/mol. The Bertz CT molecular complexity index is 573. The molecule has 1 aromatic rings. The van der Waals surface area contributed by atoms with E-state index < -0.39 is 0 Å². The van der Waals surface area contributed by atoms with Gasteiger partial charge in [0.2, 0.25) is 5.91 Å². The highest BCUT2D eigenvalue weighted by molar-refractivity contribution is 5.79. The summed E-state index contributed by atoms with van der Waals surface area (Å²) >= 11 is 0. The molecule has 0 bridgehead atoms. The van der Waals surface area contributed by atoms with Crippen LogP contribution in [0.1, 0.15) is 31.2 Å². The molecule has 1 aromatic carbocycles. The first-order valence-electron chi connectivity index (χ1n) is 8.77. The topological polar surface area (TPSA) is 67.9 Å². The summed E-state index contributed by atoms with van der Waals surface area (Å²) in [5.74, 6) is 0.592. The van der Waals surface area contributed by atoms with Crippen LogP contribution in [-0.4, -0.2) is 56.2 Å². The van der Waals surface area contributed by atoms with Crippen molar-refractivity contribution in [1.29, 1.82) is 0 Å². The third-order valence-electron chi connectivity index (χ3n) is 4.67. The molecular weight excluding hydrogens is 320 g/mol. The second-order valence-electron chi connectivity index (χ2n) is 6.38. The Morgan fingerprint density at radius 1 is 1.28 bits per heavy atom. The molecule has 0 aliphatic carbocycles. The monoisotopic (exact) mass is 348 g/mol. The van der Waals surface area contributed by atoms with Gasteiger partial charge in [0, 0.05) is 27.1 Å². The maximum Gasteiger partial charge on any atom is 0.260 e. The second kappa shape index (κ2) is 9.42. The largest absolute Gasteiger partial charge is 0.484 e. The number of aryl methyl sites for hydroxylation is 1. The fraction of sp³-hybridized carbons (Fsp3) is 0.579. The molecule has 2 atom stereocenters. The molecule has 0 radical (unpaired) electrons. The number of amides is 2. The number of methoxy groups -OCH3 is 1. The SMILES string of the molecule is CNC(=O)CC[C@H]1[C@@H](OC)CCCN1C(=O)COc1ccc(C)cc1. The zero-order valence-electron chi connectivity index (χ0n) is 15.3. The van der Waals surface area contributed by atoms with Gasteiger partial charge in [0.25, 0.3) is 5.91 Å². The van der Waals surface area contributed by atoms with Crippen molar-refractivity contribution in [3.8, 4) is 5.75 Å². The summed E-state index contributed by atoms with van der Waals surface area (Å²) in [6, 6.07) is 7.53. The fourth-order valence-electron chi connectivity index (χ4n) is 3.21. The summed E-state index contributed by atoms with van der Waals surface area (Å²) in [4.78, 5) is 26.1. The molecule has 0 unspecified atom stereocenters. The lowest BCUT2D eigenvalue weighted by atomic mass is 9.94. The van der Waals surface area contributed by atoms with Crippen LogP contribution in [0.25, 0.3) is 0 Å². The summed E-state index contributed by atoms with van der Waals surface area (Å²) in [5.41, 5.74) is 1.15. The smallest absolute Gasteiger partial charge is 0.260 e. The number of rotatable bonds is 7. The van der Waals surface area contributed by atoms with Crippen molar-refractivity contribution in [2.75, 3.05) is 27.3 Å². The van der Waals surface area contributed by atoms with Crippen molar-refractivity contribution >= 4 is 11.8 Å². The van der Waals surface area contributed by atoms with E-state index in [1.807, 2.05) is 36.1 Å². The summed E-state index contributed by atoms with van der Waals surface area (Å²) in [7, 11) is 3.28. The summed E-state index contributed by atoms with van der Waals surface area (Å²) in [6.07, 6.45) is 2.72. The zero-order valence-corrected chi connectivity index (χ0v) is 15.3. The number of hydrogen-bond donors (Lipinski definition) is 1. The molecule has 1 fully saturated rings. The highest BCUT2D eigenvalue weighted by Gasteiger charge is 2.34. The van der Waals surface area contributed by atoms with Gasteiger partial charge in [0.15, 0.2) is 6.61 Å². The molecular formula is C19H28N2O4. The predicted octanol–water partition coefficient (Wildman–Crippen LogP) is 1.91. The van der Waals surface area contributed by atoms with E-state index in [2.05, 4.69) is 5.32 Å². The van der Waals surface area contributed by atoms with Crippen LogP contribution in [-0.2, 0) is 14.3 Å². The summed E-state index contributed by atoms with van der Waals surface area (Å²) < 4.78 is 11.2. The summed E-state index contributed by atoms with van der Waals surface area (Å²) in [5, 5.41) is 2.62. The van der Waals surface area contributed by atoms with E-state index in [9.17, 15) is 9.59 Å². The Labute approximate surface area is 149 Å². The van der Waals surface area contributed by atoms with Crippen LogP contribution < -0.4 is 10.1 Å². The lowest BCUT2D eigenvalue weighted by Crippen LogP contribution is -2.53. The Hall–Kier alpha value is -2.08. The molecule has 1 N–H and O–H groups in total. The Kier molecular flexibility index (Phi) is 7.25. The van der Waals surface area contributed by atoms with Gasteiger partial charge in [0.05, 0.1) is 12.1 Å². The summed E-state index contributed by atoms with van der Waals surface area (Å²) in [6.45, 7) is 2.68. The van der Waals surface area contributed by atoms with Crippen LogP contribution in [0.5, 0.6) is 5.75 Å². The Morgan fingerprint density at radius 3 is 2.64 bits per heavy atom. The van der Waals surface area contributed by atoms with Crippen molar-refractivity contribution in [3.05, 3.63) is 29.8 Å². The minimum atomic E-state index is -0.0924. The maximum absolute atomic E-state index is 12.7. The third-order valence-corrected chi connectivity index (χ3v) is 4.67. The number of carbonyl (C=O) groups excluding carboxylic acids is 2. The van der Waals surface area contributed by atoms with E-state index in [1.165, 1.54) is 0 Å². The number of nitrogens with zero attached hydrogens (tertiary/aromatic N) is 1. The van der Waals surface area contributed by atoms with Gasteiger partial charge in [-0.05, 0) is 38.3 Å². The van der Waals surface area contributed by atoms with Crippen LogP contribution in [0.4, 0.5) is 0 Å². The van der Waals surface area contributed by atoms with Gasteiger partial charge in [-0.25, -0.2) is 0 Å². The van der Waals surface area contributed by atoms with Gasteiger partial charge in [0.1, 0.15) is 5.75 Å². The van der Waals surface area contributed by atoms with E-state index in [-0.39, 0.29) is 30.6 Å². The molecule has 138 valence electrons. The zero-order chi connectivity index (χ0) is 18.2. The minimum Gasteiger partial charge on any atom is -0.484 e. The van der Waals surface area contributed by atoms with Crippen molar-refractivity contribution in [2.24, 2.45) is 0 Å². The number of hydrogen-bond acceptors (Lipinski definition) is 4. The van der Waals surface area contributed by atoms with Crippen LogP contribution in [0, 0.1) is 6.92 Å². The molecule has 6 nitrogen and oxygen atoms in total. The minimum absolute atomic E-state index is 0.00400. The number of ether oxygens (including phenoxy) is 2. The number of likely N-dealkylation sites (tertiary alicyclic amines) is 1. The molecule has 0 saturated carbocycles. The van der Waals surface area contributed by atoms with E-state index >= 15 is 0 Å². The lowest BCUT2D eigenvalue weighted by molar-refractivity contribution is -0.143. The maximum atomic E-state index is 12.7. The Morgan fingerprint density at radius 2 is 2.00 bits per heavy atom. The first-order chi connectivity index (χ1) is 12.0. The van der Waals surface area contributed by atoms with Gasteiger partial charge in [-0.3, -0.25) is 9.59 Å². The average Bonchev–Trinajstić information content (AvgIpc) is 2.64. The quantitative estimate of drug-likeness (QED) is 0.817. The number of benzene rings is 1. The highest BCUT2D eigenvalue weighted by Crippen LogP contribution is 2.24. The number of carbonyl (C=O) groups is 2. The van der Waals surface area contributed by atoms with Crippen molar-refractivity contribution in [3.63, 3.8) is 0 Å². The van der Waals surface area contributed by atoms with Crippen LogP contribution in [0.15, 0.2) is 24.3 Å². The lowest BCUT2D eigenvalue weighted by Gasteiger charge is -2.40. The second-order valence-corrected chi connectivity index (χ2v) is 6.38. The van der Waals surface area contributed by atoms with Crippen LogP contribution >= 0.6 is 0 Å². The first-order valence-corrected chi connectivity index (χ1v) is 8.77. The van der Waals surface area contributed by atoms with Gasteiger partial charge in [-0.15, -0.1) is 0 Å². The van der Waals surface area contributed by atoms with Crippen molar-refractivity contribution in [2.45, 2.75) is 44.8 Å². The number of nitrogens with one attached hydrogen (secondary N) is 1. The molecule has 1 aliphatic heterocycles. The first kappa shape index (κ1) is 19.2. The molecule has 2 rings (SSSR count). The molecule has 1 aliphatic rings. The van der Waals surface area contributed by atoms with E-state index in [0.29, 0.717) is 25.1 Å². The molecule has 1 saturated heterocycles. The van der Waals surface area contributed by atoms with Crippen LogP contribution in [0.3, 0.4) is 0 Å². The van der Waals surface area contributed by atoms with Gasteiger partial charge in [-0.2, -0.15) is 0 Å². The number of piperidine rings is 1. The van der Waals surface area contributed by atoms with Crippen molar-refractivity contribution in [1.82, 2.24) is 10.2 Å². The highest BCUT2D eigenvalue weighted by atomic mass is 16.5. The Balaban J connectivity index is 1.97. The predicted molar refractivity (Wildman–Crippen MR) is 95.5 cm³/mol. The standard InChI is InChI=1S/C19H28N2O4/c1-14-6-8-15(9-7-14)25-13-19(23)21-12-4-5-17(24-3)16(21)10-11-18(22)20-2/h6-9,16-17H,4-5,10-13H2,1-3H3,(H,20,22)/t16-,17-/m0/s1. The normalized spacial score (nSPS) is 20.2. The fourth-order valence-corrected chi connectivity index (χ4v) is 3.21. The van der Waals surface area contributed by atoms with E-state index in [1.54, 1.807) is 14.2 Å². The molecule has 25 heavy (non-hydrogen) atoms. The van der Waals surface area contributed by atoms with Gasteiger partial charge in [-0.1, -0.05) is 17.7 Å². The third kappa shape index (κ3) is 5.46. The van der Waals surface area contributed by atoms with E-state index in [4.69, 9.17) is 9.47 Å². The molecule has 0 aromatic heterocycles. The molecule has 6 heteroatoms. The molecule has 1 heterocycles. The van der Waals surface area contributed by atoms with Crippen molar-refractivity contribution < 1.29 is 19.1 Å². The van der Waals surface area contributed by atoms with Crippen LogP contribution in [0.2, 0.25) is 0 Å². The van der Waals surface area contributed by atoms with Gasteiger partial charge >= 0.3 is 0 Å². The van der Waals surface area contributed by atoms with E-state index in [0.717, 1.165) is 18.4 Å². The van der Waals surface area contributed by atoms with Gasteiger partial charge < -0.3 is 19.7 Å².